The van der Waals surface area contributed by atoms with Crippen molar-refractivity contribution in [2.24, 2.45) is 0 Å². The summed E-state index contributed by atoms with van der Waals surface area (Å²) in [5.74, 6) is -0.153. The first kappa shape index (κ1) is 13.6. The number of carbonyl (C=O) groups is 1. The van der Waals surface area contributed by atoms with Crippen LogP contribution in [-0.2, 0) is 11.3 Å². The van der Waals surface area contributed by atoms with E-state index in [1.165, 1.54) is 0 Å². The number of amides is 1. The summed E-state index contributed by atoms with van der Waals surface area (Å²) < 4.78 is 5.05. The van der Waals surface area contributed by atoms with Gasteiger partial charge in [-0.15, -0.1) is 0 Å². The van der Waals surface area contributed by atoms with Gasteiger partial charge in [-0.1, -0.05) is 23.7 Å². The topological polar surface area (TPSA) is 38.3 Å². The van der Waals surface area contributed by atoms with Crippen molar-refractivity contribution in [3.8, 4) is 0 Å². The minimum absolute atomic E-state index is 0.153. The Kier molecular flexibility index (Phi) is 4.55. The minimum Gasteiger partial charge on any atom is -0.380 e. The fraction of sp³-hybridized carbons (Fsp3) is 0.133. The van der Waals surface area contributed by atoms with Crippen LogP contribution in [0.1, 0.15) is 15.9 Å². The highest BCUT2D eigenvalue weighted by Gasteiger charge is 2.06. The molecule has 0 fully saturated rings. The summed E-state index contributed by atoms with van der Waals surface area (Å²) in [6, 6.07) is 14.3. The molecular formula is C15H14ClNO2. The van der Waals surface area contributed by atoms with Crippen LogP contribution >= 0.6 is 11.6 Å². The van der Waals surface area contributed by atoms with E-state index >= 15 is 0 Å². The molecular weight excluding hydrogens is 262 g/mol. The number of hydrogen-bond donors (Lipinski definition) is 1. The van der Waals surface area contributed by atoms with Gasteiger partial charge >= 0.3 is 0 Å². The predicted molar refractivity (Wildman–Crippen MR) is 76.6 cm³/mol. The Hall–Kier alpha value is -1.84. The van der Waals surface area contributed by atoms with E-state index in [2.05, 4.69) is 5.32 Å². The van der Waals surface area contributed by atoms with Gasteiger partial charge in [0.2, 0.25) is 0 Å². The van der Waals surface area contributed by atoms with Crippen LogP contribution in [0.5, 0.6) is 0 Å². The van der Waals surface area contributed by atoms with Gasteiger partial charge in [0.15, 0.2) is 0 Å². The molecule has 0 saturated heterocycles. The van der Waals surface area contributed by atoms with Crippen LogP contribution in [-0.4, -0.2) is 13.0 Å². The number of halogens is 1. The highest BCUT2D eigenvalue weighted by molar-refractivity contribution is 6.30. The molecule has 0 aliphatic heterocycles. The molecule has 0 saturated carbocycles. The SMILES string of the molecule is COCc1cccc(C(=O)Nc2ccc(Cl)cc2)c1. The second-order valence-corrected chi connectivity index (χ2v) is 4.53. The predicted octanol–water partition coefficient (Wildman–Crippen LogP) is 3.74. The Morgan fingerprint density at radius 3 is 2.63 bits per heavy atom. The Bertz CT molecular complexity index is 567. The van der Waals surface area contributed by atoms with Crippen molar-refractivity contribution in [2.75, 3.05) is 12.4 Å². The van der Waals surface area contributed by atoms with E-state index in [1.54, 1.807) is 37.4 Å². The molecule has 3 nitrogen and oxygen atoms in total. The maximum absolute atomic E-state index is 12.1. The largest absolute Gasteiger partial charge is 0.380 e. The molecule has 1 amide bonds. The summed E-state index contributed by atoms with van der Waals surface area (Å²) in [5.41, 5.74) is 2.28. The zero-order valence-corrected chi connectivity index (χ0v) is 11.3. The quantitative estimate of drug-likeness (QED) is 0.923. The van der Waals surface area contributed by atoms with E-state index in [9.17, 15) is 4.79 Å². The molecule has 4 heteroatoms. The molecule has 0 unspecified atom stereocenters. The molecule has 19 heavy (non-hydrogen) atoms. The molecule has 0 bridgehead atoms. The third-order valence-corrected chi connectivity index (χ3v) is 2.85. The van der Waals surface area contributed by atoms with Gasteiger partial charge < -0.3 is 10.1 Å². The number of carbonyl (C=O) groups excluding carboxylic acids is 1. The molecule has 0 aliphatic carbocycles. The van der Waals surface area contributed by atoms with Gasteiger partial charge in [0.1, 0.15) is 0 Å². The maximum atomic E-state index is 12.1. The molecule has 98 valence electrons. The van der Waals surface area contributed by atoms with Crippen molar-refractivity contribution in [3.63, 3.8) is 0 Å². The summed E-state index contributed by atoms with van der Waals surface area (Å²) in [6.45, 7) is 0.488. The maximum Gasteiger partial charge on any atom is 0.255 e. The van der Waals surface area contributed by atoms with Crippen LogP contribution in [0.15, 0.2) is 48.5 Å². The van der Waals surface area contributed by atoms with Crippen molar-refractivity contribution in [3.05, 3.63) is 64.7 Å². The lowest BCUT2D eigenvalue weighted by atomic mass is 10.1. The Morgan fingerprint density at radius 2 is 1.95 bits per heavy atom. The zero-order valence-electron chi connectivity index (χ0n) is 10.5. The van der Waals surface area contributed by atoms with Crippen LogP contribution in [0.25, 0.3) is 0 Å². The van der Waals surface area contributed by atoms with Crippen molar-refractivity contribution < 1.29 is 9.53 Å². The first-order valence-corrected chi connectivity index (χ1v) is 6.21. The van der Waals surface area contributed by atoms with E-state index in [0.29, 0.717) is 22.9 Å². The summed E-state index contributed by atoms with van der Waals surface area (Å²) in [5, 5.41) is 3.46. The van der Waals surface area contributed by atoms with E-state index in [0.717, 1.165) is 5.56 Å². The Labute approximate surface area is 117 Å². The Balaban J connectivity index is 2.11. The third-order valence-electron chi connectivity index (χ3n) is 2.60. The summed E-state index contributed by atoms with van der Waals surface area (Å²) in [6.07, 6.45) is 0. The van der Waals surface area contributed by atoms with Crippen molar-refractivity contribution in [2.45, 2.75) is 6.61 Å². The molecule has 2 aromatic carbocycles. The number of ether oxygens (including phenoxy) is 1. The van der Waals surface area contributed by atoms with Crippen LogP contribution in [0.3, 0.4) is 0 Å². The summed E-state index contributed by atoms with van der Waals surface area (Å²) in [4.78, 5) is 12.1. The molecule has 0 aliphatic rings. The number of hydrogen-bond acceptors (Lipinski definition) is 2. The van der Waals surface area contributed by atoms with Gasteiger partial charge in [0.25, 0.3) is 5.91 Å². The molecule has 1 N–H and O–H groups in total. The van der Waals surface area contributed by atoms with E-state index < -0.39 is 0 Å². The number of methoxy groups -OCH3 is 1. The lowest BCUT2D eigenvalue weighted by molar-refractivity contribution is 0.102. The zero-order chi connectivity index (χ0) is 13.7. The fourth-order valence-electron chi connectivity index (χ4n) is 1.71. The average molecular weight is 276 g/mol. The third kappa shape index (κ3) is 3.81. The molecule has 0 radical (unpaired) electrons. The Morgan fingerprint density at radius 1 is 1.21 bits per heavy atom. The highest BCUT2D eigenvalue weighted by atomic mass is 35.5. The van der Waals surface area contributed by atoms with Crippen LogP contribution < -0.4 is 5.32 Å². The summed E-state index contributed by atoms with van der Waals surface area (Å²) >= 11 is 5.79. The van der Waals surface area contributed by atoms with Crippen molar-refractivity contribution >= 4 is 23.2 Å². The van der Waals surface area contributed by atoms with Gasteiger partial charge in [0, 0.05) is 23.4 Å². The molecule has 0 aromatic heterocycles. The lowest BCUT2D eigenvalue weighted by Crippen LogP contribution is -2.12. The first-order chi connectivity index (χ1) is 9.19. The fourth-order valence-corrected chi connectivity index (χ4v) is 1.83. The van der Waals surface area contributed by atoms with Gasteiger partial charge in [-0.2, -0.15) is 0 Å². The summed E-state index contributed by atoms with van der Waals surface area (Å²) in [7, 11) is 1.63. The molecule has 0 atom stereocenters. The number of nitrogens with one attached hydrogen (secondary N) is 1. The number of anilines is 1. The second-order valence-electron chi connectivity index (χ2n) is 4.09. The van der Waals surface area contributed by atoms with E-state index in [1.807, 2.05) is 18.2 Å². The van der Waals surface area contributed by atoms with Gasteiger partial charge in [-0.3, -0.25) is 4.79 Å². The van der Waals surface area contributed by atoms with Crippen LogP contribution in [0, 0.1) is 0 Å². The number of benzene rings is 2. The van der Waals surface area contributed by atoms with Crippen molar-refractivity contribution in [1.29, 1.82) is 0 Å². The lowest BCUT2D eigenvalue weighted by Gasteiger charge is -2.07. The molecule has 2 rings (SSSR count). The minimum atomic E-state index is -0.153. The van der Waals surface area contributed by atoms with E-state index in [-0.39, 0.29) is 5.91 Å². The second kappa shape index (κ2) is 6.36. The normalized spacial score (nSPS) is 10.2. The molecule has 2 aromatic rings. The first-order valence-electron chi connectivity index (χ1n) is 5.84. The van der Waals surface area contributed by atoms with Gasteiger partial charge in [-0.05, 0) is 42.0 Å². The van der Waals surface area contributed by atoms with Gasteiger partial charge in [-0.25, -0.2) is 0 Å². The smallest absolute Gasteiger partial charge is 0.255 e. The average Bonchev–Trinajstić information content (AvgIpc) is 2.42. The molecule has 0 heterocycles. The van der Waals surface area contributed by atoms with Crippen LogP contribution in [0.4, 0.5) is 5.69 Å². The van der Waals surface area contributed by atoms with Crippen molar-refractivity contribution in [1.82, 2.24) is 0 Å². The van der Waals surface area contributed by atoms with Gasteiger partial charge in [0.05, 0.1) is 6.61 Å². The number of rotatable bonds is 4. The van der Waals surface area contributed by atoms with E-state index in [4.69, 9.17) is 16.3 Å². The molecule has 0 spiro atoms. The standard InChI is InChI=1S/C15H14ClNO2/c1-19-10-11-3-2-4-12(9-11)15(18)17-14-7-5-13(16)6-8-14/h2-9H,10H2,1H3,(H,17,18). The van der Waals surface area contributed by atoms with Crippen LogP contribution in [0.2, 0.25) is 5.02 Å². The highest BCUT2D eigenvalue weighted by Crippen LogP contribution is 2.15. The monoisotopic (exact) mass is 275 g/mol.